The molecule has 0 atom stereocenters. The van der Waals surface area contributed by atoms with Gasteiger partial charge in [0.2, 0.25) is 0 Å². The van der Waals surface area contributed by atoms with Gasteiger partial charge in [0.15, 0.2) is 0 Å². The Morgan fingerprint density at radius 1 is 1.04 bits per heavy atom. The summed E-state index contributed by atoms with van der Waals surface area (Å²) in [6.07, 6.45) is 9.77. The fourth-order valence-electron chi connectivity index (χ4n) is 4.04. The van der Waals surface area contributed by atoms with Gasteiger partial charge in [0.1, 0.15) is 6.29 Å². The molecule has 1 aromatic carbocycles. The van der Waals surface area contributed by atoms with Crippen LogP contribution in [0.15, 0.2) is 30.3 Å². The number of aliphatic hydroxyl groups is 1. The lowest BCUT2D eigenvalue weighted by Gasteiger charge is -2.46. The highest BCUT2D eigenvalue weighted by Crippen LogP contribution is 2.47. The van der Waals surface area contributed by atoms with E-state index < -0.39 is 0 Å². The lowest BCUT2D eigenvalue weighted by Crippen LogP contribution is -2.42. The molecule has 3 rings (SSSR count). The first-order chi connectivity index (χ1) is 11.8. The van der Waals surface area contributed by atoms with Gasteiger partial charge in [0.25, 0.3) is 0 Å². The van der Waals surface area contributed by atoms with Gasteiger partial charge >= 0.3 is 0 Å². The van der Waals surface area contributed by atoms with Crippen molar-refractivity contribution >= 4 is 12.0 Å². The number of benzene rings is 1. The molecule has 3 heteroatoms. The van der Waals surface area contributed by atoms with Crippen molar-refractivity contribution < 1.29 is 9.90 Å². The molecule has 1 N–H and O–H groups in total. The van der Waals surface area contributed by atoms with Crippen LogP contribution in [0.4, 0.5) is 5.69 Å². The van der Waals surface area contributed by atoms with Gasteiger partial charge in [-0.05, 0) is 62.0 Å². The van der Waals surface area contributed by atoms with E-state index in [1.54, 1.807) is 0 Å². The van der Waals surface area contributed by atoms with E-state index in [2.05, 4.69) is 35.2 Å². The highest BCUT2D eigenvalue weighted by Gasteiger charge is 2.37. The standard InChI is InChI=1S/C18H25NO.C2H6.CH4O/c20-15-8-16-6-9-18(10-7-16)11-13-19(14-12-18)17-4-2-1-3-5-17;2*1-2/h1-5,15-16H,6-14H2;1-2H3;2H,1H3. The lowest BCUT2D eigenvalue weighted by molar-refractivity contribution is -0.109. The maximum atomic E-state index is 10.6. The van der Waals surface area contributed by atoms with E-state index in [0.717, 1.165) is 19.8 Å². The summed E-state index contributed by atoms with van der Waals surface area (Å²) in [6.45, 7) is 6.39. The van der Waals surface area contributed by atoms with E-state index in [-0.39, 0.29) is 0 Å². The minimum Gasteiger partial charge on any atom is -0.400 e. The Balaban J connectivity index is 0.000000671. The number of anilines is 1. The SMILES string of the molecule is CC.CO.O=CCC1CCC2(CC1)CCN(c1ccccc1)CC2. The maximum Gasteiger partial charge on any atom is 0.120 e. The molecule has 0 bridgehead atoms. The first kappa shape index (κ1) is 20.7. The Bertz CT molecular complexity index is 428. The minimum absolute atomic E-state index is 0.588. The van der Waals surface area contributed by atoms with Gasteiger partial charge in [-0.15, -0.1) is 0 Å². The summed E-state index contributed by atoms with van der Waals surface area (Å²) in [7, 11) is 1.00. The summed E-state index contributed by atoms with van der Waals surface area (Å²) in [5.74, 6) is 0.672. The van der Waals surface area contributed by atoms with Crippen molar-refractivity contribution in [1.82, 2.24) is 0 Å². The molecule has 1 aliphatic heterocycles. The van der Waals surface area contributed by atoms with Crippen LogP contribution in [0.5, 0.6) is 0 Å². The predicted molar refractivity (Wildman–Crippen MR) is 102 cm³/mol. The second-order valence-corrected chi connectivity index (χ2v) is 6.67. The van der Waals surface area contributed by atoms with Gasteiger partial charge in [-0.25, -0.2) is 0 Å². The molecule has 0 unspecified atom stereocenters. The Morgan fingerprint density at radius 3 is 2.08 bits per heavy atom. The highest BCUT2D eigenvalue weighted by atomic mass is 16.2. The summed E-state index contributed by atoms with van der Waals surface area (Å²) in [5.41, 5.74) is 1.96. The molecule has 1 aromatic rings. The first-order valence-electron chi connectivity index (χ1n) is 9.50. The third-order valence-corrected chi connectivity index (χ3v) is 5.54. The molecular formula is C21H35NO2. The molecule has 0 amide bonds. The molecule has 1 saturated carbocycles. The van der Waals surface area contributed by atoms with Crippen molar-refractivity contribution in [2.45, 2.75) is 58.8 Å². The van der Waals surface area contributed by atoms with Crippen LogP contribution < -0.4 is 4.90 Å². The van der Waals surface area contributed by atoms with Crippen molar-refractivity contribution in [1.29, 1.82) is 0 Å². The van der Waals surface area contributed by atoms with Crippen LogP contribution in [0, 0.1) is 11.3 Å². The predicted octanol–water partition coefficient (Wildman–Crippen LogP) is 4.69. The summed E-state index contributed by atoms with van der Waals surface area (Å²) >= 11 is 0. The van der Waals surface area contributed by atoms with Gasteiger partial charge in [-0.2, -0.15) is 0 Å². The maximum absolute atomic E-state index is 10.6. The molecule has 2 fully saturated rings. The Kier molecular flexibility index (Phi) is 9.70. The van der Waals surface area contributed by atoms with E-state index in [0.29, 0.717) is 11.3 Å². The molecule has 0 aromatic heterocycles. The van der Waals surface area contributed by atoms with Crippen LogP contribution in [0.3, 0.4) is 0 Å². The molecule has 1 saturated heterocycles. The van der Waals surface area contributed by atoms with E-state index in [4.69, 9.17) is 5.11 Å². The fourth-order valence-corrected chi connectivity index (χ4v) is 4.04. The minimum atomic E-state index is 0.588. The molecule has 1 aliphatic carbocycles. The van der Waals surface area contributed by atoms with Crippen molar-refractivity contribution in [3.63, 3.8) is 0 Å². The number of carbonyl (C=O) groups excluding carboxylic acids is 1. The molecular weight excluding hydrogens is 298 g/mol. The third-order valence-electron chi connectivity index (χ3n) is 5.54. The second kappa shape index (κ2) is 11.2. The van der Waals surface area contributed by atoms with Crippen LogP contribution in [-0.2, 0) is 4.79 Å². The van der Waals surface area contributed by atoms with E-state index in [9.17, 15) is 4.79 Å². The highest BCUT2D eigenvalue weighted by molar-refractivity contribution is 5.49. The third kappa shape index (κ3) is 5.62. The van der Waals surface area contributed by atoms with Gasteiger partial charge < -0.3 is 14.8 Å². The Morgan fingerprint density at radius 2 is 1.58 bits per heavy atom. The number of aliphatic hydroxyl groups excluding tert-OH is 1. The fraction of sp³-hybridized carbons (Fsp3) is 0.667. The summed E-state index contributed by atoms with van der Waals surface area (Å²) in [6, 6.07) is 10.8. The molecule has 0 radical (unpaired) electrons. The number of nitrogens with zero attached hydrogens (tertiary/aromatic N) is 1. The molecule has 1 heterocycles. The number of para-hydroxylation sites is 1. The van der Waals surface area contributed by atoms with Gasteiger partial charge in [0.05, 0.1) is 0 Å². The number of hydrogen-bond donors (Lipinski definition) is 1. The second-order valence-electron chi connectivity index (χ2n) is 6.67. The number of hydrogen-bond acceptors (Lipinski definition) is 3. The Hall–Kier alpha value is -1.35. The van der Waals surface area contributed by atoms with E-state index in [1.807, 2.05) is 13.8 Å². The van der Waals surface area contributed by atoms with Crippen LogP contribution in [-0.4, -0.2) is 31.6 Å². The number of rotatable bonds is 3. The summed E-state index contributed by atoms with van der Waals surface area (Å²) in [5, 5.41) is 7.00. The average Bonchev–Trinajstić information content (AvgIpc) is 2.69. The molecule has 136 valence electrons. The number of carbonyl (C=O) groups is 1. The average molecular weight is 334 g/mol. The van der Waals surface area contributed by atoms with Crippen LogP contribution >= 0.6 is 0 Å². The van der Waals surface area contributed by atoms with Gasteiger partial charge in [-0.3, -0.25) is 0 Å². The summed E-state index contributed by atoms with van der Waals surface area (Å²) < 4.78 is 0. The van der Waals surface area contributed by atoms with Gasteiger partial charge in [0, 0.05) is 32.3 Å². The molecule has 3 nitrogen and oxygen atoms in total. The number of aldehydes is 1. The normalized spacial score (nSPS) is 19.6. The molecule has 24 heavy (non-hydrogen) atoms. The van der Waals surface area contributed by atoms with Crippen LogP contribution in [0.25, 0.3) is 0 Å². The molecule has 1 spiro atoms. The zero-order valence-electron chi connectivity index (χ0n) is 15.7. The first-order valence-corrected chi connectivity index (χ1v) is 9.50. The van der Waals surface area contributed by atoms with Crippen molar-refractivity contribution in [2.24, 2.45) is 11.3 Å². The van der Waals surface area contributed by atoms with Crippen molar-refractivity contribution in [3.05, 3.63) is 30.3 Å². The van der Waals surface area contributed by atoms with E-state index >= 15 is 0 Å². The van der Waals surface area contributed by atoms with Crippen LogP contribution in [0.2, 0.25) is 0 Å². The monoisotopic (exact) mass is 333 g/mol. The smallest absolute Gasteiger partial charge is 0.120 e. The largest absolute Gasteiger partial charge is 0.400 e. The molecule has 2 aliphatic rings. The lowest BCUT2D eigenvalue weighted by atomic mass is 9.65. The Labute approximate surface area is 148 Å². The zero-order valence-corrected chi connectivity index (χ0v) is 15.7. The summed E-state index contributed by atoms with van der Waals surface area (Å²) in [4.78, 5) is 13.2. The van der Waals surface area contributed by atoms with Crippen molar-refractivity contribution in [2.75, 3.05) is 25.1 Å². The topological polar surface area (TPSA) is 40.5 Å². The van der Waals surface area contributed by atoms with Crippen molar-refractivity contribution in [3.8, 4) is 0 Å². The van der Waals surface area contributed by atoms with Gasteiger partial charge in [-0.1, -0.05) is 32.0 Å². The quantitative estimate of drug-likeness (QED) is 0.816. The number of piperidine rings is 1. The van der Waals surface area contributed by atoms with Crippen LogP contribution in [0.1, 0.15) is 58.8 Å². The zero-order chi connectivity index (χ0) is 17.8. The van der Waals surface area contributed by atoms with E-state index in [1.165, 1.54) is 57.3 Å².